The topological polar surface area (TPSA) is 99.2 Å². The van der Waals surface area contributed by atoms with Gasteiger partial charge >= 0.3 is 5.97 Å². The van der Waals surface area contributed by atoms with Crippen molar-refractivity contribution in [3.05, 3.63) is 0 Å². The Morgan fingerprint density at radius 1 is 1.00 bits per heavy atom. The van der Waals surface area contributed by atoms with Crippen LogP contribution in [0.4, 0.5) is 0 Å². The van der Waals surface area contributed by atoms with Crippen molar-refractivity contribution in [1.82, 2.24) is 15.1 Å². The molecule has 0 bridgehead atoms. The Hall–Kier alpha value is -1.67. The second kappa shape index (κ2) is 12.9. The van der Waals surface area contributed by atoms with E-state index in [1.165, 1.54) is 7.11 Å². The summed E-state index contributed by atoms with van der Waals surface area (Å²) in [6, 6.07) is -1.48. The maximum Gasteiger partial charge on any atom is 0.306 e. The van der Waals surface area contributed by atoms with Crippen molar-refractivity contribution < 1.29 is 24.2 Å². The second-order valence-corrected chi connectivity index (χ2v) is 9.08. The average molecular weight is 430 g/mol. The smallest absolute Gasteiger partial charge is 0.306 e. The predicted octanol–water partition coefficient (Wildman–Crippen LogP) is 2.08. The summed E-state index contributed by atoms with van der Waals surface area (Å²) < 4.78 is 5.47. The number of rotatable bonds is 13. The van der Waals surface area contributed by atoms with E-state index < -0.39 is 24.2 Å². The summed E-state index contributed by atoms with van der Waals surface area (Å²) in [7, 11) is 6.82. The summed E-state index contributed by atoms with van der Waals surface area (Å²) in [5.41, 5.74) is 0. The minimum absolute atomic E-state index is 0.0250. The highest BCUT2D eigenvalue weighted by molar-refractivity contribution is 5.90. The number of carbonyl (C=O) groups excluding carboxylic acids is 2. The van der Waals surface area contributed by atoms with Crippen LogP contribution in [0, 0.1) is 17.8 Å². The molecule has 0 fully saturated rings. The van der Waals surface area contributed by atoms with Gasteiger partial charge in [0.15, 0.2) is 0 Å². The molecule has 176 valence electrons. The van der Waals surface area contributed by atoms with Crippen LogP contribution >= 0.6 is 0 Å². The third kappa shape index (κ3) is 7.87. The molecule has 0 aromatic rings. The Balaban J connectivity index is 5.80. The van der Waals surface area contributed by atoms with Crippen LogP contribution in [-0.2, 0) is 19.1 Å². The Morgan fingerprint density at radius 3 is 1.87 bits per heavy atom. The van der Waals surface area contributed by atoms with Gasteiger partial charge in [-0.15, -0.1) is 0 Å². The summed E-state index contributed by atoms with van der Waals surface area (Å²) in [5, 5.41) is 12.2. The van der Waals surface area contributed by atoms with E-state index in [0.717, 1.165) is 6.42 Å². The first-order valence-electron chi connectivity index (χ1n) is 10.8. The van der Waals surface area contributed by atoms with Gasteiger partial charge < -0.3 is 20.1 Å². The normalized spacial score (nSPS) is 16.8. The van der Waals surface area contributed by atoms with E-state index in [1.54, 1.807) is 11.9 Å². The fourth-order valence-corrected chi connectivity index (χ4v) is 4.01. The first-order valence-corrected chi connectivity index (χ1v) is 10.8. The molecule has 0 radical (unpaired) electrons. The van der Waals surface area contributed by atoms with Gasteiger partial charge in [0.1, 0.15) is 6.04 Å². The van der Waals surface area contributed by atoms with Gasteiger partial charge in [-0.1, -0.05) is 48.0 Å². The van der Waals surface area contributed by atoms with E-state index in [2.05, 4.69) is 5.32 Å². The molecule has 2 amide bonds. The summed E-state index contributed by atoms with van der Waals surface area (Å²) in [5.74, 6) is -1.42. The van der Waals surface area contributed by atoms with Gasteiger partial charge in [0.05, 0.1) is 24.6 Å². The van der Waals surface area contributed by atoms with Crippen molar-refractivity contribution in [3.63, 3.8) is 0 Å². The van der Waals surface area contributed by atoms with E-state index in [1.807, 2.05) is 60.5 Å². The van der Waals surface area contributed by atoms with E-state index in [4.69, 9.17) is 4.74 Å². The third-order valence-electron chi connectivity index (χ3n) is 5.77. The summed E-state index contributed by atoms with van der Waals surface area (Å²) >= 11 is 0. The van der Waals surface area contributed by atoms with Crippen molar-refractivity contribution in [3.8, 4) is 0 Å². The van der Waals surface area contributed by atoms with Crippen molar-refractivity contribution in [1.29, 1.82) is 0 Å². The van der Waals surface area contributed by atoms with Crippen LogP contribution in [0.15, 0.2) is 0 Å². The lowest BCUT2D eigenvalue weighted by Gasteiger charge is -2.40. The molecular formula is C22H43N3O5. The number of amides is 2. The van der Waals surface area contributed by atoms with Gasteiger partial charge in [0, 0.05) is 14.2 Å². The quantitative estimate of drug-likeness (QED) is 0.465. The Morgan fingerprint density at radius 2 is 1.53 bits per heavy atom. The number of carbonyl (C=O) groups is 3. The molecule has 0 unspecified atom stereocenters. The number of likely N-dealkylation sites (N-methyl/N-ethyl adjacent to an activating group) is 2. The molecule has 0 aromatic carbocycles. The van der Waals surface area contributed by atoms with Crippen LogP contribution in [0.1, 0.15) is 54.4 Å². The summed E-state index contributed by atoms with van der Waals surface area (Å²) in [4.78, 5) is 41.1. The number of methoxy groups -OCH3 is 1. The first kappa shape index (κ1) is 28.3. The van der Waals surface area contributed by atoms with Crippen molar-refractivity contribution in [2.75, 3.05) is 28.3 Å². The molecule has 2 N–H and O–H groups in total. The summed E-state index contributed by atoms with van der Waals surface area (Å²) in [6.07, 6.45) is -0.0749. The van der Waals surface area contributed by atoms with E-state index in [0.29, 0.717) is 0 Å². The minimum Gasteiger partial charge on any atom is -0.481 e. The highest BCUT2D eigenvalue weighted by Crippen LogP contribution is 2.23. The van der Waals surface area contributed by atoms with E-state index in [9.17, 15) is 19.5 Å². The molecule has 8 heteroatoms. The Bertz CT molecular complexity index is 557. The van der Waals surface area contributed by atoms with E-state index >= 15 is 0 Å². The van der Waals surface area contributed by atoms with Gasteiger partial charge in [0.2, 0.25) is 11.8 Å². The molecular weight excluding hydrogens is 386 g/mol. The van der Waals surface area contributed by atoms with Gasteiger partial charge in [-0.2, -0.15) is 0 Å². The lowest BCUT2D eigenvalue weighted by Crippen LogP contribution is -2.59. The molecule has 0 saturated carbocycles. The number of aliphatic carboxylic acids is 1. The Kier molecular flexibility index (Phi) is 12.2. The number of hydrogen-bond donors (Lipinski definition) is 2. The van der Waals surface area contributed by atoms with Crippen LogP contribution in [0.3, 0.4) is 0 Å². The maximum atomic E-state index is 13.4. The van der Waals surface area contributed by atoms with Crippen LogP contribution in [0.5, 0.6) is 0 Å². The fraction of sp³-hybridized carbons (Fsp3) is 0.864. The van der Waals surface area contributed by atoms with Gasteiger partial charge in [-0.3, -0.25) is 19.3 Å². The lowest BCUT2D eigenvalue weighted by molar-refractivity contribution is -0.148. The number of carboxylic acids is 1. The first-order chi connectivity index (χ1) is 13.8. The zero-order valence-electron chi connectivity index (χ0n) is 20.4. The average Bonchev–Trinajstić information content (AvgIpc) is 2.63. The highest BCUT2D eigenvalue weighted by atomic mass is 16.5. The SMILES string of the molecule is CC[C@H](C)[C@H]([C@@H](CC(=O)O)OC)N(C)C(=O)[C@@H](NC(=O)[C@H](C(C)C)N(C)C)C(C)C. The van der Waals surface area contributed by atoms with Crippen LogP contribution in [0.2, 0.25) is 0 Å². The monoisotopic (exact) mass is 429 g/mol. The minimum atomic E-state index is -0.976. The molecule has 0 heterocycles. The molecule has 0 aliphatic carbocycles. The van der Waals surface area contributed by atoms with Crippen molar-refractivity contribution in [2.24, 2.45) is 17.8 Å². The lowest BCUT2D eigenvalue weighted by atomic mass is 9.90. The molecule has 30 heavy (non-hydrogen) atoms. The molecule has 5 atom stereocenters. The molecule has 0 rings (SSSR count). The van der Waals surface area contributed by atoms with E-state index in [-0.39, 0.29) is 42.0 Å². The summed E-state index contributed by atoms with van der Waals surface area (Å²) in [6.45, 7) is 11.7. The molecule has 0 spiro atoms. The standard InChI is InChI=1S/C22H43N3O5/c1-11-15(6)20(16(30-10)12-17(26)27)25(9)22(29)18(13(2)3)23-21(28)19(14(4)5)24(7)8/h13-16,18-20H,11-12H2,1-10H3,(H,23,28)(H,26,27)/t15-,16+,18-,19-,20+/m0/s1. The highest BCUT2D eigenvalue weighted by Gasteiger charge is 2.38. The largest absolute Gasteiger partial charge is 0.481 e. The van der Waals surface area contributed by atoms with Crippen molar-refractivity contribution in [2.45, 2.75) is 78.6 Å². The number of hydrogen-bond acceptors (Lipinski definition) is 5. The molecule has 8 nitrogen and oxygen atoms in total. The second-order valence-electron chi connectivity index (χ2n) is 9.08. The van der Waals surface area contributed by atoms with Gasteiger partial charge in [-0.25, -0.2) is 0 Å². The number of ether oxygens (including phenoxy) is 1. The van der Waals surface area contributed by atoms with Gasteiger partial charge in [-0.05, 0) is 31.8 Å². The van der Waals surface area contributed by atoms with Crippen LogP contribution < -0.4 is 5.32 Å². The number of nitrogens with one attached hydrogen (secondary N) is 1. The Labute approximate surface area is 182 Å². The van der Waals surface area contributed by atoms with Crippen LogP contribution in [0.25, 0.3) is 0 Å². The zero-order valence-corrected chi connectivity index (χ0v) is 20.4. The number of nitrogens with zero attached hydrogens (tertiary/aromatic N) is 2. The molecule has 0 aliphatic heterocycles. The van der Waals surface area contributed by atoms with Crippen LogP contribution in [-0.4, -0.2) is 85.2 Å². The third-order valence-corrected chi connectivity index (χ3v) is 5.77. The molecule has 0 aliphatic rings. The number of carboxylic acid groups (broad SMARTS) is 1. The molecule has 0 saturated heterocycles. The van der Waals surface area contributed by atoms with Gasteiger partial charge in [0.25, 0.3) is 0 Å². The predicted molar refractivity (Wildman–Crippen MR) is 118 cm³/mol. The zero-order chi connectivity index (χ0) is 23.8. The molecule has 0 aromatic heterocycles. The fourth-order valence-electron chi connectivity index (χ4n) is 4.01. The maximum absolute atomic E-state index is 13.4. The van der Waals surface area contributed by atoms with Crippen molar-refractivity contribution >= 4 is 17.8 Å².